The van der Waals surface area contributed by atoms with Crippen LogP contribution in [0.3, 0.4) is 0 Å². The summed E-state index contributed by atoms with van der Waals surface area (Å²) in [5, 5.41) is 6.92. The lowest BCUT2D eigenvalue weighted by Gasteiger charge is -2.37. The summed E-state index contributed by atoms with van der Waals surface area (Å²) in [6, 6.07) is 3.88. The molecule has 1 spiro atoms. The number of ether oxygens (including phenoxy) is 2. The van der Waals surface area contributed by atoms with Gasteiger partial charge in [-0.2, -0.15) is 0 Å². The van der Waals surface area contributed by atoms with Crippen molar-refractivity contribution in [1.29, 1.82) is 0 Å². The summed E-state index contributed by atoms with van der Waals surface area (Å²) in [7, 11) is 1.63. The molecule has 2 aromatic rings. The van der Waals surface area contributed by atoms with Crippen molar-refractivity contribution in [2.24, 2.45) is 11.3 Å². The Bertz CT molecular complexity index is 833. The average molecular weight is 400 g/mol. The van der Waals surface area contributed by atoms with Crippen LogP contribution in [0.25, 0.3) is 0 Å². The number of aromatic nitrogens is 2. The fourth-order valence-corrected chi connectivity index (χ4v) is 4.65. The van der Waals surface area contributed by atoms with E-state index in [2.05, 4.69) is 26.4 Å². The standard InChI is InChI=1S/C21H28N4O4/c1-15-9-16(10-23-20(15)27-2)12-25-13-18(21(14-25)4-7-28-8-5-21)19(26)22-11-17-3-6-29-24-17/h3,6,9-10,18H,4-5,7-8,11-14H2,1-2H3,(H,22,26). The molecule has 1 amide bonds. The van der Waals surface area contributed by atoms with Gasteiger partial charge in [0.1, 0.15) is 12.0 Å². The van der Waals surface area contributed by atoms with Gasteiger partial charge < -0.3 is 19.3 Å². The summed E-state index contributed by atoms with van der Waals surface area (Å²) in [6.45, 7) is 6.21. The van der Waals surface area contributed by atoms with Gasteiger partial charge in [-0.15, -0.1) is 0 Å². The van der Waals surface area contributed by atoms with E-state index >= 15 is 0 Å². The Hall–Kier alpha value is -2.45. The first kappa shape index (κ1) is 19.8. The Morgan fingerprint density at radius 3 is 2.93 bits per heavy atom. The van der Waals surface area contributed by atoms with Gasteiger partial charge >= 0.3 is 0 Å². The van der Waals surface area contributed by atoms with Crippen LogP contribution in [0.4, 0.5) is 0 Å². The zero-order chi connectivity index (χ0) is 20.3. The summed E-state index contributed by atoms with van der Waals surface area (Å²) >= 11 is 0. The maximum atomic E-state index is 13.1. The van der Waals surface area contributed by atoms with Gasteiger partial charge in [-0.3, -0.25) is 9.69 Å². The highest BCUT2D eigenvalue weighted by atomic mass is 16.5. The van der Waals surface area contributed by atoms with Gasteiger partial charge in [-0.05, 0) is 31.4 Å². The minimum absolute atomic E-state index is 0.0406. The van der Waals surface area contributed by atoms with E-state index < -0.39 is 0 Å². The highest BCUT2D eigenvalue weighted by Crippen LogP contribution is 2.44. The Labute approximate surface area is 170 Å². The van der Waals surface area contributed by atoms with Gasteiger partial charge in [0.2, 0.25) is 11.8 Å². The Balaban J connectivity index is 1.46. The molecule has 2 saturated heterocycles. The van der Waals surface area contributed by atoms with Gasteiger partial charge in [-0.25, -0.2) is 4.98 Å². The molecule has 0 bridgehead atoms. The van der Waals surface area contributed by atoms with Crippen LogP contribution in [0.5, 0.6) is 5.88 Å². The molecular formula is C21H28N4O4. The first-order valence-electron chi connectivity index (χ1n) is 10.1. The predicted molar refractivity (Wildman–Crippen MR) is 105 cm³/mol. The summed E-state index contributed by atoms with van der Waals surface area (Å²) in [5.74, 6) is 0.674. The lowest BCUT2D eigenvalue weighted by atomic mass is 9.72. The number of aryl methyl sites for hydroxylation is 1. The zero-order valence-corrected chi connectivity index (χ0v) is 17.0. The lowest BCUT2D eigenvalue weighted by molar-refractivity contribution is -0.130. The van der Waals surface area contributed by atoms with Crippen molar-refractivity contribution in [2.45, 2.75) is 32.9 Å². The molecule has 0 saturated carbocycles. The predicted octanol–water partition coefficient (Wildman–Crippen LogP) is 1.93. The molecule has 2 aliphatic rings. The Kier molecular flexibility index (Phi) is 5.82. The van der Waals surface area contributed by atoms with E-state index in [1.807, 2.05) is 13.1 Å². The van der Waals surface area contributed by atoms with Gasteiger partial charge in [0.15, 0.2) is 0 Å². The molecule has 1 unspecified atom stereocenters. The number of carbonyl (C=O) groups excluding carboxylic acids is 1. The van der Waals surface area contributed by atoms with Crippen molar-refractivity contribution in [1.82, 2.24) is 20.4 Å². The van der Waals surface area contributed by atoms with E-state index in [0.29, 0.717) is 25.6 Å². The molecule has 4 rings (SSSR count). The fourth-order valence-electron chi connectivity index (χ4n) is 4.65. The van der Waals surface area contributed by atoms with Crippen LogP contribution in [0.2, 0.25) is 0 Å². The van der Waals surface area contributed by atoms with Crippen LogP contribution in [-0.2, 0) is 22.6 Å². The number of nitrogens with one attached hydrogen (secondary N) is 1. The van der Waals surface area contributed by atoms with Gasteiger partial charge in [0.05, 0.1) is 19.6 Å². The number of carbonyl (C=O) groups is 1. The quantitative estimate of drug-likeness (QED) is 0.792. The molecule has 8 heteroatoms. The van der Waals surface area contributed by atoms with Gasteiger partial charge in [0, 0.05) is 56.1 Å². The number of hydrogen-bond donors (Lipinski definition) is 1. The van der Waals surface area contributed by atoms with Gasteiger partial charge in [0.25, 0.3) is 0 Å². The Morgan fingerprint density at radius 2 is 2.24 bits per heavy atom. The van der Waals surface area contributed by atoms with Crippen LogP contribution < -0.4 is 10.1 Å². The maximum absolute atomic E-state index is 13.1. The summed E-state index contributed by atoms with van der Waals surface area (Å²) < 4.78 is 15.7. The van der Waals surface area contributed by atoms with E-state index in [1.165, 1.54) is 6.26 Å². The average Bonchev–Trinajstić information content (AvgIpc) is 3.35. The number of pyridine rings is 1. The molecule has 0 aromatic carbocycles. The first-order valence-corrected chi connectivity index (χ1v) is 10.1. The minimum atomic E-state index is -0.0643. The Morgan fingerprint density at radius 1 is 1.41 bits per heavy atom. The monoisotopic (exact) mass is 400 g/mol. The third-order valence-electron chi connectivity index (χ3n) is 6.14. The summed E-state index contributed by atoms with van der Waals surface area (Å²) in [5.41, 5.74) is 2.84. The van der Waals surface area contributed by atoms with Crippen LogP contribution in [0.15, 0.2) is 29.1 Å². The normalized spacial score (nSPS) is 21.4. The van der Waals surface area contributed by atoms with E-state index in [-0.39, 0.29) is 17.2 Å². The van der Waals surface area contributed by atoms with Crippen LogP contribution in [0, 0.1) is 18.3 Å². The smallest absolute Gasteiger partial charge is 0.225 e. The number of amides is 1. The number of likely N-dealkylation sites (tertiary alicyclic amines) is 1. The summed E-state index contributed by atoms with van der Waals surface area (Å²) in [4.78, 5) is 19.8. The zero-order valence-electron chi connectivity index (χ0n) is 17.0. The SMILES string of the molecule is COc1ncc(CN2CC(C(=O)NCc3ccon3)C3(CCOCC3)C2)cc1C. The van der Waals surface area contributed by atoms with Crippen molar-refractivity contribution in [3.63, 3.8) is 0 Å². The molecule has 2 fully saturated rings. The highest BCUT2D eigenvalue weighted by Gasteiger charge is 2.50. The number of methoxy groups -OCH3 is 1. The molecule has 1 N–H and O–H groups in total. The number of hydrogen-bond acceptors (Lipinski definition) is 7. The second-order valence-corrected chi connectivity index (χ2v) is 8.08. The van der Waals surface area contributed by atoms with Crippen molar-refractivity contribution < 1.29 is 18.8 Å². The third kappa shape index (κ3) is 4.28. The number of rotatable bonds is 6. The largest absolute Gasteiger partial charge is 0.481 e. The first-order chi connectivity index (χ1) is 14.1. The van der Waals surface area contributed by atoms with Crippen LogP contribution >= 0.6 is 0 Å². The van der Waals surface area contributed by atoms with Crippen molar-refractivity contribution in [3.8, 4) is 5.88 Å². The molecule has 156 valence electrons. The minimum Gasteiger partial charge on any atom is -0.481 e. The topological polar surface area (TPSA) is 89.7 Å². The molecule has 2 aromatic heterocycles. The molecule has 2 aliphatic heterocycles. The molecule has 1 atom stereocenters. The second kappa shape index (κ2) is 8.51. The van der Waals surface area contributed by atoms with E-state index in [4.69, 9.17) is 14.0 Å². The highest BCUT2D eigenvalue weighted by molar-refractivity contribution is 5.80. The van der Waals surface area contributed by atoms with Crippen LogP contribution in [-0.4, -0.2) is 54.4 Å². The molecular weight excluding hydrogens is 372 g/mol. The molecule has 29 heavy (non-hydrogen) atoms. The maximum Gasteiger partial charge on any atom is 0.225 e. The second-order valence-electron chi connectivity index (χ2n) is 8.08. The molecule has 4 heterocycles. The summed E-state index contributed by atoms with van der Waals surface area (Å²) in [6.07, 6.45) is 5.20. The fraction of sp³-hybridized carbons (Fsp3) is 0.571. The van der Waals surface area contributed by atoms with E-state index in [1.54, 1.807) is 13.2 Å². The van der Waals surface area contributed by atoms with Crippen molar-refractivity contribution in [3.05, 3.63) is 41.4 Å². The van der Waals surface area contributed by atoms with Crippen molar-refractivity contribution in [2.75, 3.05) is 33.4 Å². The van der Waals surface area contributed by atoms with Crippen molar-refractivity contribution >= 4 is 5.91 Å². The van der Waals surface area contributed by atoms with Gasteiger partial charge in [-0.1, -0.05) is 5.16 Å². The third-order valence-corrected chi connectivity index (χ3v) is 6.14. The molecule has 0 aliphatic carbocycles. The lowest BCUT2D eigenvalue weighted by Crippen LogP contribution is -2.44. The molecule has 0 radical (unpaired) electrons. The molecule has 8 nitrogen and oxygen atoms in total. The van der Waals surface area contributed by atoms with E-state index in [9.17, 15) is 4.79 Å². The van der Waals surface area contributed by atoms with Crippen LogP contribution in [0.1, 0.15) is 29.7 Å². The number of nitrogens with zero attached hydrogens (tertiary/aromatic N) is 3. The van der Waals surface area contributed by atoms with E-state index in [0.717, 1.165) is 49.3 Å².